The van der Waals surface area contributed by atoms with E-state index in [9.17, 15) is 4.79 Å². The third kappa shape index (κ3) is 3.60. The molecule has 2 aromatic rings. The molecule has 2 aliphatic heterocycles. The molecule has 1 spiro atoms. The van der Waals surface area contributed by atoms with Gasteiger partial charge in [0.15, 0.2) is 0 Å². The molecule has 3 heterocycles. The number of benzene rings is 1. The summed E-state index contributed by atoms with van der Waals surface area (Å²) in [6.45, 7) is 7.63. The van der Waals surface area contributed by atoms with Gasteiger partial charge in [-0.1, -0.05) is 50.6 Å². The third-order valence-electron chi connectivity index (χ3n) is 9.39. The topological polar surface area (TPSA) is 63.1 Å². The lowest BCUT2D eigenvalue weighted by Crippen LogP contribution is -2.39. The summed E-state index contributed by atoms with van der Waals surface area (Å²) in [5.41, 5.74) is 1.64. The second-order valence-electron chi connectivity index (χ2n) is 11.7. The van der Waals surface area contributed by atoms with Gasteiger partial charge in [-0.3, -0.25) is 9.69 Å². The highest BCUT2D eigenvalue weighted by molar-refractivity contribution is 5.79. The Morgan fingerprint density at radius 3 is 2.59 bits per heavy atom. The van der Waals surface area contributed by atoms with E-state index < -0.39 is 0 Å². The van der Waals surface area contributed by atoms with Crippen molar-refractivity contribution in [3.8, 4) is 0 Å². The minimum Gasteiger partial charge on any atom is -0.349 e. The Labute approximate surface area is 203 Å². The maximum atomic E-state index is 12.8. The molecular weight excluding hydrogens is 422 g/mol. The number of nitrogens with one attached hydrogen (secondary N) is 1. The van der Waals surface area contributed by atoms with Crippen molar-refractivity contribution in [3.05, 3.63) is 47.5 Å². The average Bonchev–Trinajstić information content (AvgIpc) is 3.07. The number of amides is 1. The van der Waals surface area contributed by atoms with E-state index in [0.29, 0.717) is 29.5 Å². The number of carbonyl (C=O) groups is 1. The molecule has 4 fully saturated rings. The molecule has 2 saturated carbocycles. The van der Waals surface area contributed by atoms with E-state index in [4.69, 9.17) is 0 Å². The van der Waals surface area contributed by atoms with Gasteiger partial charge in [-0.2, -0.15) is 0 Å². The minimum absolute atomic E-state index is 0.105. The first-order chi connectivity index (χ1) is 16.5. The van der Waals surface area contributed by atoms with Crippen molar-refractivity contribution in [2.24, 2.45) is 11.3 Å². The van der Waals surface area contributed by atoms with Crippen LogP contribution in [0.3, 0.4) is 0 Å². The molecule has 1 aromatic heterocycles. The summed E-state index contributed by atoms with van der Waals surface area (Å²) >= 11 is 0. The van der Waals surface area contributed by atoms with Gasteiger partial charge in [-0.15, -0.1) is 10.2 Å². The van der Waals surface area contributed by atoms with Crippen molar-refractivity contribution in [3.63, 3.8) is 0 Å². The van der Waals surface area contributed by atoms with Gasteiger partial charge in [-0.05, 0) is 57.4 Å². The van der Waals surface area contributed by atoms with E-state index in [1.807, 2.05) is 0 Å². The van der Waals surface area contributed by atoms with Crippen LogP contribution in [0.1, 0.15) is 100 Å². The van der Waals surface area contributed by atoms with Gasteiger partial charge in [0, 0.05) is 41.9 Å². The predicted octanol–water partition coefficient (Wildman–Crippen LogP) is 4.93. The van der Waals surface area contributed by atoms with Crippen LogP contribution in [0.15, 0.2) is 30.3 Å². The number of hydrogen-bond donors (Lipinski definition) is 1. The van der Waals surface area contributed by atoms with Gasteiger partial charge < -0.3 is 9.88 Å². The fourth-order valence-electron chi connectivity index (χ4n) is 7.32. The van der Waals surface area contributed by atoms with Crippen molar-refractivity contribution >= 4 is 5.91 Å². The number of carbonyl (C=O) groups excluding carboxylic acids is 1. The van der Waals surface area contributed by atoms with Crippen molar-refractivity contribution in [1.82, 2.24) is 25.0 Å². The van der Waals surface area contributed by atoms with Crippen LogP contribution in [0.2, 0.25) is 0 Å². The zero-order valence-electron chi connectivity index (χ0n) is 20.9. The molecule has 5 atom stereocenters. The summed E-state index contributed by atoms with van der Waals surface area (Å²) in [5.74, 6) is 3.11. The highest BCUT2D eigenvalue weighted by atomic mass is 16.2. The Hall–Kier alpha value is -2.21. The second kappa shape index (κ2) is 8.47. The SMILES string of the molecule is Cc1nnc(C(C)C)n1C1CC12CC1CCC2N1CC[C@H](NC(=O)C1CCC1)c1ccccc1. The first kappa shape index (κ1) is 22.3. The number of fused-ring (bicyclic) bond motifs is 3. The molecule has 4 aliphatic rings. The van der Waals surface area contributed by atoms with Gasteiger partial charge in [0.25, 0.3) is 0 Å². The van der Waals surface area contributed by atoms with E-state index in [1.165, 1.54) is 37.7 Å². The van der Waals surface area contributed by atoms with Crippen LogP contribution in [0.4, 0.5) is 0 Å². The predicted molar refractivity (Wildman–Crippen MR) is 132 cm³/mol. The Morgan fingerprint density at radius 1 is 1.09 bits per heavy atom. The Morgan fingerprint density at radius 2 is 1.88 bits per heavy atom. The molecule has 34 heavy (non-hydrogen) atoms. The monoisotopic (exact) mass is 461 g/mol. The molecule has 0 radical (unpaired) electrons. The molecule has 1 amide bonds. The molecule has 2 saturated heterocycles. The van der Waals surface area contributed by atoms with Gasteiger partial charge in [0.05, 0.1) is 6.04 Å². The molecule has 6 rings (SSSR count). The smallest absolute Gasteiger partial charge is 0.223 e. The Balaban J connectivity index is 1.16. The minimum atomic E-state index is 0.105. The lowest BCUT2D eigenvalue weighted by molar-refractivity contribution is -0.128. The van der Waals surface area contributed by atoms with Crippen LogP contribution < -0.4 is 5.32 Å². The summed E-state index contributed by atoms with van der Waals surface area (Å²) in [4.78, 5) is 15.6. The van der Waals surface area contributed by atoms with Crippen LogP contribution in [-0.4, -0.2) is 44.2 Å². The first-order valence-electron chi connectivity index (χ1n) is 13.5. The standard InChI is InChI=1S/C28H39N5O/c1-18(2)26-31-30-19(3)33(26)25-17-28(25)16-22-12-13-24(28)32(22)15-14-23(20-8-5-4-6-9-20)29-27(34)21-10-7-11-21/h4-6,8-9,18,21-25H,7,10-17H2,1-3H3,(H,29,34)/t22?,23-,24?,25?,28?/m0/s1. The van der Waals surface area contributed by atoms with Crippen LogP contribution in [-0.2, 0) is 4.79 Å². The summed E-state index contributed by atoms with van der Waals surface area (Å²) in [7, 11) is 0. The molecular formula is C28H39N5O. The van der Waals surface area contributed by atoms with Gasteiger partial charge in [0.1, 0.15) is 11.6 Å². The first-order valence-corrected chi connectivity index (χ1v) is 13.5. The highest BCUT2D eigenvalue weighted by Gasteiger charge is 2.69. The van der Waals surface area contributed by atoms with Crippen molar-refractivity contribution < 1.29 is 4.79 Å². The lowest BCUT2D eigenvalue weighted by atomic mass is 9.84. The molecule has 6 nitrogen and oxygen atoms in total. The molecule has 6 heteroatoms. The van der Waals surface area contributed by atoms with Gasteiger partial charge >= 0.3 is 0 Å². The molecule has 2 aliphatic carbocycles. The zero-order valence-corrected chi connectivity index (χ0v) is 20.9. The van der Waals surface area contributed by atoms with E-state index in [0.717, 1.165) is 37.5 Å². The maximum Gasteiger partial charge on any atom is 0.223 e. The molecule has 1 aromatic carbocycles. The van der Waals surface area contributed by atoms with E-state index >= 15 is 0 Å². The third-order valence-corrected chi connectivity index (χ3v) is 9.39. The van der Waals surface area contributed by atoms with E-state index in [2.05, 4.69) is 76.1 Å². The van der Waals surface area contributed by atoms with Gasteiger partial charge in [-0.25, -0.2) is 0 Å². The second-order valence-corrected chi connectivity index (χ2v) is 11.7. The summed E-state index contributed by atoms with van der Waals surface area (Å²) in [6, 6.07) is 12.6. The van der Waals surface area contributed by atoms with Crippen LogP contribution in [0.5, 0.6) is 0 Å². The number of aryl methyl sites for hydroxylation is 1. The van der Waals surface area contributed by atoms with Crippen LogP contribution in [0.25, 0.3) is 0 Å². The molecule has 1 N–H and O–H groups in total. The quantitative estimate of drug-likeness (QED) is 0.606. The Bertz CT molecular complexity index is 1040. The van der Waals surface area contributed by atoms with Crippen molar-refractivity contribution in [1.29, 1.82) is 0 Å². The van der Waals surface area contributed by atoms with Crippen molar-refractivity contribution in [2.75, 3.05) is 6.54 Å². The summed E-state index contributed by atoms with van der Waals surface area (Å²) < 4.78 is 2.47. The average molecular weight is 462 g/mol. The number of aromatic nitrogens is 3. The van der Waals surface area contributed by atoms with Crippen LogP contribution >= 0.6 is 0 Å². The largest absolute Gasteiger partial charge is 0.349 e. The number of nitrogens with zero attached hydrogens (tertiary/aromatic N) is 4. The fourth-order valence-corrected chi connectivity index (χ4v) is 7.32. The summed E-state index contributed by atoms with van der Waals surface area (Å²) in [5, 5.41) is 12.4. The summed E-state index contributed by atoms with van der Waals surface area (Å²) in [6.07, 6.45) is 9.48. The lowest BCUT2D eigenvalue weighted by Gasteiger charge is -2.30. The molecule has 182 valence electrons. The molecule has 4 unspecified atom stereocenters. The Kier molecular flexibility index (Phi) is 5.55. The van der Waals surface area contributed by atoms with E-state index in [1.54, 1.807) is 0 Å². The maximum absolute atomic E-state index is 12.8. The van der Waals surface area contributed by atoms with E-state index in [-0.39, 0.29) is 17.9 Å². The highest BCUT2D eigenvalue weighted by Crippen LogP contribution is 2.70. The van der Waals surface area contributed by atoms with Crippen LogP contribution in [0, 0.1) is 18.3 Å². The fraction of sp³-hybridized carbons (Fsp3) is 0.679. The zero-order chi connectivity index (χ0) is 23.4. The molecule has 2 bridgehead atoms. The number of hydrogen-bond acceptors (Lipinski definition) is 4. The van der Waals surface area contributed by atoms with Crippen molar-refractivity contribution in [2.45, 2.75) is 102 Å². The normalized spacial score (nSPS) is 31.2. The number of rotatable bonds is 8. The van der Waals surface area contributed by atoms with Gasteiger partial charge in [0.2, 0.25) is 5.91 Å².